The zero-order valence-corrected chi connectivity index (χ0v) is 15.0. The molecule has 5 nitrogen and oxygen atoms in total. The van der Waals surface area contributed by atoms with E-state index in [1.165, 1.54) is 6.07 Å². The predicted octanol–water partition coefficient (Wildman–Crippen LogP) is 3.86. The maximum atomic E-state index is 12.7. The van der Waals surface area contributed by atoms with Crippen molar-refractivity contribution >= 4 is 21.4 Å². The van der Waals surface area contributed by atoms with Crippen LogP contribution in [0, 0.1) is 6.92 Å². The van der Waals surface area contributed by atoms with Gasteiger partial charge in [0.2, 0.25) is 0 Å². The number of alkyl halides is 3. The van der Waals surface area contributed by atoms with E-state index in [1.807, 2.05) is 5.01 Å². The van der Waals surface area contributed by atoms with Crippen LogP contribution >= 0.6 is 0 Å². The number of rotatable bonds is 4. The lowest BCUT2D eigenvalue weighted by Crippen LogP contribution is -2.30. The van der Waals surface area contributed by atoms with Crippen LogP contribution in [0.2, 0.25) is 0 Å². The molecule has 1 aromatic carbocycles. The van der Waals surface area contributed by atoms with Crippen LogP contribution in [0.5, 0.6) is 0 Å². The fourth-order valence-corrected chi connectivity index (χ4v) is 3.25. The maximum Gasteiger partial charge on any atom is 0.516 e. The number of hydrogen-bond acceptors (Lipinski definition) is 4. The Balaban J connectivity index is 2.35. The molecule has 140 valence electrons. The molecular formula is C16H22F3N3O2S. The van der Waals surface area contributed by atoms with Gasteiger partial charge in [-0.3, -0.25) is 9.73 Å². The monoisotopic (exact) mass is 377 g/mol. The molecular weight excluding hydrogens is 355 g/mol. The topological polar surface area (TPSA) is 61.8 Å². The fraction of sp³-hybridized carbons (Fsp3) is 0.562. The molecule has 1 saturated heterocycles. The second-order valence-corrected chi connectivity index (χ2v) is 7.83. The molecule has 1 N–H and O–H groups in total. The quantitative estimate of drug-likeness (QED) is 0.811. The van der Waals surface area contributed by atoms with Crippen LogP contribution in [-0.4, -0.2) is 37.7 Å². The highest BCUT2D eigenvalue weighted by molar-refractivity contribution is 7.93. The summed E-state index contributed by atoms with van der Waals surface area (Å²) in [4.78, 5) is 0. The summed E-state index contributed by atoms with van der Waals surface area (Å²) >= 11 is 0. The first-order valence-electron chi connectivity index (χ1n) is 8.10. The Bertz CT molecular complexity index is 737. The van der Waals surface area contributed by atoms with Gasteiger partial charge < -0.3 is 0 Å². The van der Waals surface area contributed by atoms with Crippen molar-refractivity contribution in [1.82, 2.24) is 5.01 Å². The van der Waals surface area contributed by atoms with Crippen molar-refractivity contribution in [3.05, 3.63) is 29.3 Å². The van der Waals surface area contributed by atoms with Crippen molar-refractivity contribution in [3.63, 3.8) is 0 Å². The Hall–Kier alpha value is -1.77. The van der Waals surface area contributed by atoms with E-state index in [9.17, 15) is 21.6 Å². The molecule has 0 unspecified atom stereocenters. The number of aryl methyl sites for hydroxylation is 1. The van der Waals surface area contributed by atoms with Crippen molar-refractivity contribution in [2.75, 3.05) is 17.8 Å². The van der Waals surface area contributed by atoms with Crippen molar-refractivity contribution in [2.45, 2.75) is 45.0 Å². The van der Waals surface area contributed by atoms with Crippen molar-refractivity contribution in [3.8, 4) is 0 Å². The third-order valence-corrected chi connectivity index (χ3v) is 5.09. The van der Waals surface area contributed by atoms with E-state index >= 15 is 0 Å². The summed E-state index contributed by atoms with van der Waals surface area (Å²) in [5.41, 5.74) is -3.87. The minimum atomic E-state index is -5.48. The first-order chi connectivity index (χ1) is 11.6. The van der Waals surface area contributed by atoms with E-state index in [-0.39, 0.29) is 5.69 Å². The molecule has 2 rings (SSSR count). The van der Waals surface area contributed by atoms with Crippen LogP contribution in [0.4, 0.5) is 18.9 Å². The van der Waals surface area contributed by atoms with Crippen LogP contribution in [0.25, 0.3) is 0 Å². The molecule has 1 fully saturated rings. The van der Waals surface area contributed by atoms with Crippen LogP contribution in [0.3, 0.4) is 0 Å². The number of anilines is 1. The smallest absolute Gasteiger partial charge is 0.297 e. The predicted molar refractivity (Wildman–Crippen MR) is 92.0 cm³/mol. The lowest BCUT2D eigenvalue weighted by Gasteiger charge is -2.19. The Kier molecular flexibility index (Phi) is 5.97. The lowest BCUT2D eigenvalue weighted by molar-refractivity contribution is -0.0429. The number of nitrogens with zero attached hydrogens (tertiary/aromatic N) is 2. The number of hydrogen-bond donors (Lipinski definition) is 1. The summed E-state index contributed by atoms with van der Waals surface area (Å²) in [5.74, 6) is 0. The van der Waals surface area contributed by atoms with Gasteiger partial charge in [-0.1, -0.05) is 24.5 Å². The van der Waals surface area contributed by atoms with Crippen molar-refractivity contribution < 1.29 is 21.6 Å². The first kappa shape index (κ1) is 19.6. The largest absolute Gasteiger partial charge is 0.516 e. The standard InChI is InChI=1S/C16H22F3N3O2S/c1-12-7-8-15(21-25(23,24)16(17,18)19)14(11-12)13(2)20-22-9-5-3-4-6-10-22/h7-8,11,21H,3-6,9-10H2,1-2H3/b20-13+. The number of nitrogens with one attached hydrogen (secondary N) is 1. The Morgan fingerprint density at radius 2 is 1.76 bits per heavy atom. The van der Waals surface area contributed by atoms with Gasteiger partial charge in [-0.15, -0.1) is 0 Å². The highest BCUT2D eigenvalue weighted by Crippen LogP contribution is 2.28. The number of hydrazone groups is 1. The SMILES string of the molecule is C/C(=N\N1CCCCCC1)c1cc(C)ccc1NS(=O)(=O)C(F)(F)F. The fourth-order valence-electron chi connectivity index (χ4n) is 2.67. The van der Waals surface area contributed by atoms with Gasteiger partial charge >= 0.3 is 15.5 Å². The molecule has 1 heterocycles. The molecule has 0 radical (unpaired) electrons. The third kappa shape index (κ3) is 5.10. The molecule has 0 aromatic heterocycles. The average molecular weight is 377 g/mol. The van der Waals surface area contributed by atoms with Crippen molar-refractivity contribution in [1.29, 1.82) is 0 Å². The van der Waals surface area contributed by atoms with Gasteiger partial charge in [-0.2, -0.15) is 26.7 Å². The maximum absolute atomic E-state index is 12.7. The summed E-state index contributed by atoms with van der Waals surface area (Å²) in [5, 5.41) is 6.39. The van der Waals surface area contributed by atoms with Gasteiger partial charge in [0.25, 0.3) is 0 Å². The van der Waals surface area contributed by atoms with Gasteiger partial charge in [0.15, 0.2) is 0 Å². The van der Waals surface area contributed by atoms with Crippen LogP contribution in [0.15, 0.2) is 23.3 Å². The molecule has 0 spiro atoms. The summed E-state index contributed by atoms with van der Waals surface area (Å²) in [7, 11) is -5.48. The Labute approximate surface area is 146 Å². The van der Waals surface area contributed by atoms with Gasteiger partial charge in [-0.05, 0) is 38.8 Å². The first-order valence-corrected chi connectivity index (χ1v) is 9.59. The number of benzene rings is 1. The van der Waals surface area contributed by atoms with Gasteiger partial charge in [0.05, 0.1) is 11.4 Å². The number of halogens is 3. The Morgan fingerprint density at radius 1 is 1.16 bits per heavy atom. The van der Waals surface area contributed by atoms with E-state index in [0.29, 0.717) is 11.3 Å². The average Bonchev–Trinajstić information content (AvgIpc) is 2.76. The second-order valence-electron chi connectivity index (χ2n) is 6.15. The summed E-state index contributed by atoms with van der Waals surface area (Å²) in [6, 6.07) is 4.51. The van der Waals surface area contributed by atoms with Crippen molar-refractivity contribution in [2.24, 2.45) is 5.10 Å². The van der Waals surface area contributed by atoms with E-state index in [2.05, 4.69) is 5.10 Å². The summed E-state index contributed by atoms with van der Waals surface area (Å²) < 4.78 is 62.5. The van der Waals surface area contributed by atoms with E-state index in [4.69, 9.17) is 0 Å². The minimum Gasteiger partial charge on any atom is -0.297 e. The van der Waals surface area contributed by atoms with E-state index < -0.39 is 15.5 Å². The van der Waals surface area contributed by atoms with E-state index in [0.717, 1.165) is 44.3 Å². The van der Waals surface area contributed by atoms with Crippen LogP contribution < -0.4 is 4.72 Å². The second kappa shape index (κ2) is 7.63. The molecule has 9 heteroatoms. The van der Waals surface area contributed by atoms with Gasteiger partial charge in [-0.25, -0.2) is 0 Å². The molecule has 1 aliphatic heterocycles. The summed E-state index contributed by atoms with van der Waals surface area (Å²) in [6.45, 7) is 5.02. The van der Waals surface area contributed by atoms with E-state index in [1.54, 1.807) is 30.7 Å². The molecule has 0 atom stereocenters. The highest BCUT2D eigenvalue weighted by atomic mass is 32.2. The minimum absolute atomic E-state index is 0.126. The van der Waals surface area contributed by atoms with Crippen LogP contribution in [0.1, 0.15) is 43.7 Å². The third-order valence-electron chi connectivity index (χ3n) is 3.99. The Morgan fingerprint density at radius 3 is 2.32 bits per heavy atom. The molecule has 0 aliphatic carbocycles. The normalized spacial score (nSPS) is 17.3. The molecule has 0 saturated carbocycles. The molecule has 25 heavy (non-hydrogen) atoms. The lowest BCUT2D eigenvalue weighted by atomic mass is 10.1. The zero-order valence-electron chi connectivity index (χ0n) is 14.2. The van der Waals surface area contributed by atoms with Gasteiger partial charge in [0.1, 0.15) is 0 Å². The highest BCUT2D eigenvalue weighted by Gasteiger charge is 2.46. The zero-order chi connectivity index (χ0) is 18.7. The number of sulfonamides is 1. The molecule has 1 aliphatic rings. The van der Waals surface area contributed by atoms with Gasteiger partial charge in [0, 0.05) is 18.7 Å². The summed E-state index contributed by atoms with van der Waals surface area (Å²) in [6.07, 6.45) is 4.29. The molecule has 0 bridgehead atoms. The molecule has 1 aromatic rings. The molecule has 0 amide bonds. The van der Waals surface area contributed by atoms with Crippen LogP contribution in [-0.2, 0) is 10.0 Å².